The number of aliphatic hydroxyl groups excluding tert-OH is 1. The maximum absolute atomic E-state index is 14.5. The number of ketones is 3. The smallest absolute Gasteiger partial charge is 0.329 e. The van der Waals surface area contributed by atoms with E-state index in [4.69, 9.17) is 23.7 Å². The van der Waals surface area contributed by atoms with E-state index in [1.807, 2.05) is 58.1 Å². The van der Waals surface area contributed by atoms with Crippen molar-refractivity contribution in [3.05, 3.63) is 53.9 Å². The normalized spacial score (nSPS) is 38.8. The summed E-state index contributed by atoms with van der Waals surface area (Å²) >= 11 is 0. The lowest BCUT2D eigenvalue weighted by molar-refractivity contribution is -0.265. The molecule has 3 fully saturated rings. The first-order chi connectivity index (χ1) is 32.8. The summed E-state index contributed by atoms with van der Waals surface area (Å²) in [7, 11) is 4.62. The standard InChI is InChI=1S/C52H79N5O12/c1-31-16-12-11-13-17-32(2)43(65-8)28-39-21-19-37(7)52(64,69-39)49(61)50(62)56-23-15-14-18-41(56)51(63)68-44(34(4)26-38-20-22-40(45(27-38)66-9)57-30-53-54-55-57)29-42(58)33(3)25-36(6)47(60)48(67-10)46(59)35(5)24-31/h11-13,16-17,25,30-31,33-35,37-41,43-45,47-48,60,64H,14-15,18-24,26-29H2,1-10H3/b13-11-,16-12+,32-17+,36-25-/t31-,33-,34-,35-,37-,38+,39+,40+,41+,43+,44+,45-,47-,48+,52-/m1/s1. The molecule has 4 aliphatic rings. The third-order valence-electron chi connectivity index (χ3n) is 15.2. The van der Waals surface area contributed by atoms with Gasteiger partial charge in [0.05, 0.1) is 24.4 Å². The number of Topliss-reactive ketones (excluding diaryl/α,β-unsaturated/α-hetero) is 3. The molecule has 0 radical (unpaired) electrons. The van der Waals surface area contributed by atoms with Crippen LogP contribution in [0.4, 0.5) is 0 Å². The highest BCUT2D eigenvalue weighted by molar-refractivity contribution is 6.39. The lowest BCUT2D eigenvalue weighted by atomic mass is 9.77. The van der Waals surface area contributed by atoms with Crippen molar-refractivity contribution < 1.29 is 57.9 Å². The largest absolute Gasteiger partial charge is 0.460 e. The van der Waals surface area contributed by atoms with Gasteiger partial charge in [0.2, 0.25) is 5.79 Å². The highest BCUT2D eigenvalue weighted by atomic mass is 16.6. The van der Waals surface area contributed by atoms with Crippen LogP contribution in [0, 0.1) is 35.5 Å². The van der Waals surface area contributed by atoms with Crippen molar-refractivity contribution in [3.63, 3.8) is 0 Å². The number of piperidine rings is 1. The van der Waals surface area contributed by atoms with Gasteiger partial charge in [-0.25, -0.2) is 9.48 Å². The third kappa shape index (κ3) is 14.2. The molecular formula is C52H79N5O12. The van der Waals surface area contributed by atoms with Gasteiger partial charge in [-0.3, -0.25) is 19.2 Å². The number of aliphatic hydroxyl groups is 2. The summed E-state index contributed by atoms with van der Waals surface area (Å²) in [6, 6.07) is -1.19. The Morgan fingerprint density at radius 1 is 0.884 bits per heavy atom. The number of fused-ring (bicyclic) bond motifs is 3. The minimum atomic E-state index is -2.43. The van der Waals surface area contributed by atoms with Crippen LogP contribution in [0.1, 0.15) is 132 Å². The van der Waals surface area contributed by atoms with Crippen LogP contribution >= 0.6 is 0 Å². The van der Waals surface area contributed by atoms with Gasteiger partial charge in [-0.1, -0.05) is 71.1 Å². The van der Waals surface area contributed by atoms with Crippen molar-refractivity contribution in [2.24, 2.45) is 35.5 Å². The highest BCUT2D eigenvalue weighted by Gasteiger charge is 2.53. The predicted molar refractivity (Wildman–Crippen MR) is 256 cm³/mol. The molecule has 1 saturated carbocycles. The topological polar surface area (TPSA) is 219 Å². The van der Waals surface area contributed by atoms with E-state index < -0.39 is 77.8 Å². The van der Waals surface area contributed by atoms with Crippen molar-refractivity contribution in [3.8, 4) is 0 Å². The van der Waals surface area contributed by atoms with Crippen LogP contribution in [0.5, 0.6) is 0 Å². The molecule has 1 aromatic rings. The molecule has 17 nitrogen and oxygen atoms in total. The summed E-state index contributed by atoms with van der Waals surface area (Å²) in [5.41, 5.74) is 1.27. The molecule has 3 aliphatic heterocycles. The molecule has 17 heteroatoms. The molecule has 1 aromatic heterocycles. The number of amides is 1. The Morgan fingerprint density at radius 3 is 2.32 bits per heavy atom. The third-order valence-corrected chi connectivity index (χ3v) is 15.2. The van der Waals surface area contributed by atoms with E-state index >= 15 is 0 Å². The molecule has 1 amide bonds. The molecule has 4 heterocycles. The minimum absolute atomic E-state index is 0.0170. The Morgan fingerprint density at radius 2 is 1.64 bits per heavy atom. The number of methoxy groups -OCH3 is 3. The van der Waals surface area contributed by atoms with Gasteiger partial charge >= 0.3 is 5.97 Å². The monoisotopic (exact) mass is 966 g/mol. The summed E-state index contributed by atoms with van der Waals surface area (Å²) in [5, 5.41) is 35.2. The summed E-state index contributed by atoms with van der Waals surface area (Å²) in [5.74, 6) is -7.92. The number of aromatic nitrogens is 4. The van der Waals surface area contributed by atoms with Gasteiger partial charge in [0.15, 0.2) is 5.78 Å². The van der Waals surface area contributed by atoms with Crippen LogP contribution in [0.3, 0.4) is 0 Å². The van der Waals surface area contributed by atoms with E-state index in [1.54, 1.807) is 52.1 Å². The van der Waals surface area contributed by atoms with Gasteiger partial charge in [-0.15, -0.1) is 5.10 Å². The first-order valence-corrected chi connectivity index (χ1v) is 25.0. The average Bonchev–Trinajstić information content (AvgIpc) is 3.88. The molecule has 384 valence electrons. The molecule has 1 aliphatic carbocycles. The SMILES string of the molecule is CO[C@H]1C[C@@H]2CC[C@@H](C)[C@@](O)(O2)C(=O)C(=O)N2CCCC[C@H]2C(=O)O[C@H]([C@H](C)C[C@@H]2CC[C@H](n3cnnn3)[C@H](OC)C2)CC(=O)[C@H](C)/C=C(/C)[C@@H](O)[C@@H](OC)C(=O)[C@H](C)C[C@H](C)/C=C/C=C\C=C\1C. The number of esters is 1. The molecule has 5 rings (SSSR count). The molecule has 2 bridgehead atoms. The fourth-order valence-electron chi connectivity index (χ4n) is 10.7. The van der Waals surface area contributed by atoms with Crippen molar-refractivity contribution in [1.82, 2.24) is 25.1 Å². The maximum atomic E-state index is 14.5. The van der Waals surface area contributed by atoms with Crippen LogP contribution < -0.4 is 0 Å². The number of ether oxygens (including phenoxy) is 5. The molecule has 2 saturated heterocycles. The van der Waals surface area contributed by atoms with E-state index in [2.05, 4.69) is 15.5 Å². The van der Waals surface area contributed by atoms with E-state index in [9.17, 15) is 34.2 Å². The number of allylic oxidation sites excluding steroid dienone is 6. The van der Waals surface area contributed by atoms with Gasteiger partial charge in [-0.2, -0.15) is 0 Å². The second-order valence-electron chi connectivity index (χ2n) is 20.4. The fourth-order valence-corrected chi connectivity index (χ4v) is 10.7. The number of hydrogen-bond donors (Lipinski definition) is 2. The van der Waals surface area contributed by atoms with Crippen molar-refractivity contribution >= 4 is 29.2 Å². The summed E-state index contributed by atoms with van der Waals surface area (Å²) in [6.45, 7) is 12.8. The number of cyclic esters (lactones) is 1. The van der Waals surface area contributed by atoms with E-state index in [0.717, 1.165) is 18.4 Å². The predicted octanol–water partition coefficient (Wildman–Crippen LogP) is 6.05. The average molecular weight is 966 g/mol. The van der Waals surface area contributed by atoms with Gasteiger partial charge in [0.25, 0.3) is 11.7 Å². The molecule has 0 spiro atoms. The van der Waals surface area contributed by atoms with Crippen molar-refractivity contribution in [1.29, 1.82) is 0 Å². The first kappa shape index (κ1) is 55.7. The van der Waals surface area contributed by atoms with Crippen LogP contribution in [0.2, 0.25) is 0 Å². The number of rotatable bonds is 7. The van der Waals surface area contributed by atoms with Gasteiger partial charge in [0, 0.05) is 58.5 Å². The zero-order chi connectivity index (χ0) is 50.6. The van der Waals surface area contributed by atoms with Crippen molar-refractivity contribution in [2.45, 2.75) is 180 Å². The fraction of sp³-hybridized carbons (Fsp3) is 0.731. The summed E-state index contributed by atoms with van der Waals surface area (Å²) < 4.78 is 31.6. The maximum Gasteiger partial charge on any atom is 0.329 e. The summed E-state index contributed by atoms with van der Waals surface area (Å²) in [4.78, 5) is 72.3. The molecular weight excluding hydrogens is 887 g/mol. The van der Waals surface area contributed by atoms with E-state index in [-0.39, 0.29) is 60.9 Å². The van der Waals surface area contributed by atoms with Gasteiger partial charge in [0.1, 0.15) is 36.5 Å². The molecule has 15 atom stereocenters. The number of tetrazole rings is 1. The Balaban J connectivity index is 1.46. The van der Waals surface area contributed by atoms with Gasteiger partial charge < -0.3 is 38.8 Å². The van der Waals surface area contributed by atoms with E-state index in [1.165, 1.54) is 12.0 Å². The number of hydrogen-bond acceptors (Lipinski definition) is 15. The Labute approximate surface area is 408 Å². The Kier molecular flexibility index (Phi) is 20.8. The number of carbonyl (C=O) groups excluding carboxylic acids is 5. The van der Waals surface area contributed by atoms with Crippen LogP contribution in [-0.4, -0.2) is 141 Å². The zero-order valence-electron chi connectivity index (χ0n) is 42.5. The molecule has 69 heavy (non-hydrogen) atoms. The van der Waals surface area contributed by atoms with Crippen LogP contribution in [0.15, 0.2) is 53.9 Å². The lowest BCUT2D eigenvalue weighted by Gasteiger charge is -2.42. The summed E-state index contributed by atoms with van der Waals surface area (Å²) in [6.07, 6.45) is 13.9. The molecule has 0 aromatic carbocycles. The van der Waals surface area contributed by atoms with Crippen molar-refractivity contribution in [2.75, 3.05) is 27.9 Å². The minimum Gasteiger partial charge on any atom is -0.460 e. The van der Waals surface area contributed by atoms with Crippen LogP contribution in [0.25, 0.3) is 0 Å². The zero-order valence-corrected chi connectivity index (χ0v) is 42.5. The molecule has 0 unspecified atom stereocenters. The molecule has 2 N–H and O–H groups in total. The first-order valence-electron chi connectivity index (χ1n) is 25.0. The number of nitrogens with zero attached hydrogens (tertiary/aromatic N) is 5. The Bertz CT molecular complexity index is 2020. The lowest BCUT2D eigenvalue weighted by Crippen LogP contribution is -2.61. The highest BCUT2D eigenvalue weighted by Crippen LogP contribution is 2.39. The van der Waals surface area contributed by atoms with Crippen LogP contribution in [-0.2, 0) is 47.7 Å². The second-order valence-corrected chi connectivity index (χ2v) is 20.4. The number of carbonyl (C=O) groups is 5. The Hall–Kier alpha value is -4.26. The van der Waals surface area contributed by atoms with Gasteiger partial charge in [-0.05, 0) is 117 Å². The quantitative estimate of drug-likeness (QED) is 0.181. The van der Waals surface area contributed by atoms with E-state index in [0.29, 0.717) is 56.9 Å². The second kappa shape index (κ2) is 25.7.